The van der Waals surface area contributed by atoms with E-state index < -0.39 is 0 Å². The molecule has 0 amide bonds. The van der Waals surface area contributed by atoms with Crippen molar-refractivity contribution < 1.29 is 0 Å². The molecular formula is C15H20N2. The third kappa shape index (κ3) is 1.98. The Hall–Kier alpha value is -1.28. The van der Waals surface area contributed by atoms with Gasteiger partial charge in [0, 0.05) is 18.3 Å². The number of benzene rings is 1. The number of hydrogen-bond acceptors (Lipinski definition) is 1. The van der Waals surface area contributed by atoms with Crippen molar-refractivity contribution in [2.75, 3.05) is 0 Å². The molecule has 2 N–H and O–H groups in total. The molecule has 0 bridgehead atoms. The van der Waals surface area contributed by atoms with E-state index in [9.17, 15) is 0 Å². The van der Waals surface area contributed by atoms with Gasteiger partial charge in [0.1, 0.15) is 0 Å². The van der Waals surface area contributed by atoms with E-state index in [0.717, 1.165) is 5.92 Å². The second-order valence-electron chi connectivity index (χ2n) is 5.49. The molecule has 0 radical (unpaired) electrons. The maximum Gasteiger partial charge on any atom is 0.0502 e. The second kappa shape index (κ2) is 4.19. The van der Waals surface area contributed by atoms with Gasteiger partial charge in [0.2, 0.25) is 0 Å². The molecule has 1 aromatic heterocycles. The van der Waals surface area contributed by atoms with E-state index in [1.54, 1.807) is 0 Å². The molecule has 90 valence electrons. The van der Waals surface area contributed by atoms with Crippen LogP contribution >= 0.6 is 0 Å². The van der Waals surface area contributed by atoms with Crippen LogP contribution in [0.2, 0.25) is 0 Å². The smallest absolute Gasteiger partial charge is 0.0502 e. The van der Waals surface area contributed by atoms with Crippen molar-refractivity contribution in [3.63, 3.8) is 0 Å². The molecule has 3 atom stereocenters. The van der Waals surface area contributed by atoms with Gasteiger partial charge in [-0.2, -0.15) is 0 Å². The number of piperidine rings is 1. The van der Waals surface area contributed by atoms with Gasteiger partial charge in [-0.05, 0) is 42.7 Å². The van der Waals surface area contributed by atoms with Crippen LogP contribution in [-0.2, 0) is 0 Å². The zero-order chi connectivity index (χ0) is 11.8. The zero-order valence-electron chi connectivity index (χ0n) is 10.5. The first-order valence-corrected chi connectivity index (χ1v) is 6.56. The molecule has 0 saturated carbocycles. The van der Waals surface area contributed by atoms with E-state index in [1.807, 2.05) is 6.20 Å². The lowest BCUT2D eigenvalue weighted by molar-refractivity contribution is 0.270. The van der Waals surface area contributed by atoms with Crippen molar-refractivity contribution in [3.8, 4) is 0 Å². The first-order valence-electron chi connectivity index (χ1n) is 6.56. The quantitative estimate of drug-likeness (QED) is 0.766. The molecule has 0 spiro atoms. The Morgan fingerprint density at radius 3 is 2.82 bits per heavy atom. The Balaban J connectivity index is 2.00. The van der Waals surface area contributed by atoms with Gasteiger partial charge >= 0.3 is 0 Å². The molecule has 1 saturated heterocycles. The van der Waals surface area contributed by atoms with Crippen LogP contribution in [0.25, 0.3) is 10.9 Å². The molecular weight excluding hydrogens is 208 g/mol. The average molecular weight is 228 g/mol. The molecule has 17 heavy (non-hydrogen) atoms. The predicted molar refractivity (Wildman–Crippen MR) is 72.0 cm³/mol. The number of aromatic amines is 1. The number of rotatable bonds is 1. The predicted octanol–water partition coefficient (Wildman–Crippen LogP) is 3.62. The van der Waals surface area contributed by atoms with Crippen molar-refractivity contribution in [2.24, 2.45) is 5.92 Å². The summed E-state index contributed by atoms with van der Waals surface area (Å²) in [7, 11) is 0. The van der Waals surface area contributed by atoms with Gasteiger partial charge in [0.05, 0.1) is 5.52 Å². The first kappa shape index (κ1) is 10.8. The summed E-state index contributed by atoms with van der Waals surface area (Å²) in [6, 6.07) is 9.85. The lowest BCUT2D eigenvalue weighted by Crippen LogP contribution is -2.38. The fourth-order valence-corrected chi connectivity index (χ4v) is 3.20. The Labute approximate surface area is 102 Å². The minimum Gasteiger partial charge on any atom is -0.361 e. The summed E-state index contributed by atoms with van der Waals surface area (Å²) < 4.78 is 0. The fourth-order valence-electron chi connectivity index (χ4n) is 3.20. The van der Waals surface area contributed by atoms with E-state index in [-0.39, 0.29) is 0 Å². The average Bonchev–Trinajstić information content (AvgIpc) is 2.75. The minimum atomic E-state index is 0.496. The molecule has 1 fully saturated rings. The third-order valence-electron chi connectivity index (χ3n) is 3.87. The lowest BCUT2D eigenvalue weighted by atomic mass is 9.86. The van der Waals surface area contributed by atoms with Gasteiger partial charge < -0.3 is 10.3 Å². The van der Waals surface area contributed by atoms with Gasteiger partial charge in [-0.15, -0.1) is 0 Å². The molecule has 2 aromatic rings. The van der Waals surface area contributed by atoms with Gasteiger partial charge in [0.25, 0.3) is 0 Å². The largest absolute Gasteiger partial charge is 0.361 e. The van der Waals surface area contributed by atoms with E-state index in [2.05, 4.69) is 48.4 Å². The first-order chi connectivity index (χ1) is 8.24. The summed E-state index contributed by atoms with van der Waals surface area (Å²) >= 11 is 0. The maximum absolute atomic E-state index is 3.72. The normalized spacial score (nSPS) is 29.6. The van der Waals surface area contributed by atoms with Crippen LogP contribution in [0.1, 0.15) is 38.3 Å². The maximum atomic E-state index is 3.72. The third-order valence-corrected chi connectivity index (χ3v) is 3.87. The molecule has 1 aliphatic rings. The topological polar surface area (TPSA) is 27.8 Å². The van der Waals surface area contributed by atoms with Crippen LogP contribution in [0, 0.1) is 5.92 Å². The Kier molecular flexibility index (Phi) is 2.67. The van der Waals surface area contributed by atoms with Gasteiger partial charge in [-0.1, -0.05) is 25.1 Å². The molecule has 1 aliphatic heterocycles. The molecule has 2 heterocycles. The summed E-state index contributed by atoms with van der Waals surface area (Å²) in [5.74, 6) is 0.807. The van der Waals surface area contributed by atoms with Crippen molar-refractivity contribution in [2.45, 2.75) is 38.8 Å². The highest BCUT2D eigenvalue weighted by Gasteiger charge is 2.25. The zero-order valence-corrected chi connectivity index (χ0v) is 10.5. The molecule has 2 heteroatoms. The molecule has 3 unspecified atom stereocenters. The number of H-pyrrole nitrogens is 1. The van der Waals surface area contributed by atoms with Crippen molar-refractivity contribution in [3.05, 3.63) is 36.0 Å². The van der Waals surface area contributed by atoms with Crippen molar-refractivity contribution >= 4 is 10.9 Å². The van der Waals surface area contributed by atoms with Gasteiger partial charge in [-0.25, -0.2) is 0 Å². The standard InChI is InChI=1S/C15H20N2/c1-10-8-11(2)17-14(9-10)13-5-3-4-12-6-7-16-15(12)13/h3-7,10-11,14,16-17H,8-9H2,1-2H3. The monoisotopic (exact) mass is 228 g/mol. The van der Waals surface area contributed by atoms with E-state index in [0.29, 0.717) is 12.1 Å². The van der Waals surface area contributed by atoms with E-state index in [1.165, 1.54) is 29.3 Å². The van der Waals surface area contributed by atoms with Gasteiger partial charge in [0.15, 0.2) is 0 Å². The summed E-state index contributed by atoms with van der Waals surface area (Å²) in [4.78, 5) is 3.38. The van der Waals surface area contributed by atoms with Gasteiger partial charge in [-0.3, -0.25) is 0 Å². The van der Waals surface area contributed by atoms with Crippen LogP contribution in [0.3, 0.4) is 0 Å². The molecule has 0 aliphatic carbocycles. The Morgan fingerprint density at radius 1 is 1.12 bits per heavy atom. The highest BCUT2D eigenvalue weighted by atomic mass is 15.0. The summed E-state index contributed by atoms with van der Waals surface area (Å²) in [6.45, 7) is 4.65. The number of fused-ring (bicyclic) bond motifs is 1. The summed E-state index contributed by atoms with van der Waals surface area (Å²) in [6.07, 6.45) is 4.56. The van der Waals surface area contributed by atoms with Crippen molar-refractivity contribution in [1.82, 2.24) is 10.3 Å². The number of hydrogen-bond donors (Lipinski definition) is 2. The van der Waals surface area contributed by atoms with Crippen LogP contribution < -0.4 is 5.32 Å². The Morgan fingerprint density at radius 2 is 2.00 bits per heavy atom. The number of nitrogens with one attached hydrogen (secondary N) is 2. The minimum absolute atomic E-state index is 0.496. The van der Waals surface area contributed by atoms with Crippen LogP contribution in [0.5, 0.6) is 0 Å². The van der Waals surface area contributed by atoms with E-state index in [4.69, 9.17) is 0 Å². The SMILES string of the molecule is CC1CC(C)NC(c2cccc3cc[nH]c23)C1. The highest BCUT2D eigenvalue weighted by Crippen LogP contribution is 2.32. The Bertz CT molecular complexity index is 504. The molecule has 3 rings (SSSR count). The molecule has 2 nitrogen and oxygen atoms in total. The fraction of sp³-hybridized carbons (Fsp3) is 0.467. The number of para-hydroxylation sites is 1. The number of aromatic nitrogens is 1. The van der Waals surface area contributed by atoms with E-state index >= 15 is 0 Å². The van der Waals surface area contributed by atoms with Crippen LogP contribution in [-0.4, -0.2) is 11.0 Å². The summed E-state index contributed by atoms with van der Waals surface area (Å²) in [5, 5.41) is 5.04. The van der Waals surface area contributed by atoms with Crippen molar-refractivity contribution in [1.29, 1.82) is 0 Å². The lowest BCUT2D eigenvalue weighted by Gasteiger charge is -2.33. The van der Waals surface area contributed by atoms with Crippen LogP contribution in [0.4, 0.5) is 0 Å². The van der Waals surface area contributed by atoms with Crippen LogP contribution in [0.15, 0.2) is 30.5 Å². The molecule has 1 aromatic carbocycles. The summed E-state index contributed by atoms with van der Waals surface area (Å²) in [5.41, 5.74) is 2.72. The highest BCUT2D eigenvalue weighted by molar-refractivity contribution is 5.82. The second-order valence-corrected chi connectivity index (χ2v) is 5.49.